The van der Waals surface area contributed by atoms with Crippen LogP contribution in [-0.4, -0.2) is 52.5 Å². The van der Waals surface area contributed by atoms with Crippen LogP contribution in [-0.2, 0) is 0 Å². The number of aliphatic hydroxyl groups is 2. The number of carbonyl (C=O) groups excluding carboxylic acids is 1. The molecule has 2 rings (SSSR count). The molecule has 2 fully saturated rings. The normalized spacial score (nSPS) is 33.5. The predicted octanol–water partition coefficient (Wildman–Crippen LogP) is -1.10. The number of aliphatic hydroxyl groups excluding tert-OH is 2. The third-order valence-corrected chi connectivity index (χ3v) is 2.45. The molecule has 0 aromatic carbocycles. The van der Waals surface area contributed by atoms with Gasteiger partial charge >= 0.3 is 6.03 Å². The van der Waals surface area contributed by atoms with E-state index in [9.17, 15) is 15.0 Å². The monoisotopic (exact) mass is 186 g/mol. The summed E-state index contributed by atoms with van der Waals surface area (Å²) in [4.78, 5) is 12.8. The molecule has 0 aromatic heterocycles. The molecule has 2 atom stereocenters. The molecular formula is C8H14N2O3. The van der Waals surface area contributed by atoms with Crippen molar-refractivity contribution in [3.8, 4) is 0 Å². The van der Waals surface area contributed by atoms with Crippen LogP contribution in [0.4, 0.5) is 4.79 Å². The van der Waals surface area contributed by atoms with Gasteiger partial charge in [-0.2, -0.15) is 0 Å². The number of nitrogens with one attached hydrogen (secondary N) is 1. The van der Waals surface area contributed by atoms with E-state index in [2.05, 4.69) is 5.32 Å². The Labute approximate surface area is 76.3 Å². The van der Waals surface area contributed by atoms with E-state index < -0.39 is 12.2 Å². The van der Waals surface area contributed by atoms with Crippen molar-refractivity contribution in [2.24, 2.45) is 0 Å². The SMILES string of the molecule is O=C(NC1CC1)N1C[C@@H](O)[C@@H](O)C1. The van der Waals surface area contributed by atoms with Crippen molar-refractivity contribution in [3.63, 3.8) is 0 Å². The number of carbonyl (C=O) groups is 1. The van der Waals surface area contributed by atoms with Crippen molar-refractivity contribution in [1.29, 1.82) is 0 Å². The maximum absolute atomic E-state index is 11.4. The van der Waals surface area contributed by atoms with E-state index in [4.69, 9.17) is 0 Å². The minimum atomic E-state index is -0.787. The Morgan fingerprint density at radius 2 is 1.77 bits per heavy atom. The fourth-order valence-electron chi connectivity index (χ4n) is 1.43. The zero-order valence-corrected chi connectivity index (χ0v) is 7.31. The van der Waals surface area contributed by atoms with Crippen LogP contribution in [0.15, 0.2) is 0 Å². The standard InChI is InChI=1S/C8H14N2O3/c11-6-3-10(4-7(6)12)8(13)9-5-1-2-5/h5-7,11-12H,1-4H2,(H,9,13)/t6-,7+. The average molecular weight is 186 g/mol. The first-order valence-corrected chi connectivity index (χ1v) is 4.58. The molecule has 74 valence electrons. The number of likely N-dealkylation sites (tertiary alicyclic amines) is 1. The Hall–Kier alpha value is -0.810. The molecule has 0 radical (unpaired) electrons. The van der Waals surface area contributed by atoms with Crippen molar-refractivity contribution < 1.29 is 15.0 Å². The second-order valence-electron chi connectivity index (χ2n) is 3.76. The summed E-state index contributed by atoms with van der Waals surface area (Å²) >= 11 is 0. The number of rotatable bonds is 1. The summed E-state index contributed by atoms with van der Waals surface area (Å²) in [6, 6.07) is 0.153. The Balaban J connectivity index is 1.83. The molecule has 0 aromatic rings. The van der Waals surface area contributed by atoms with Gasteiger partial charge in [0, 0.05) is 6.04 Å². The lowest BCUT2D eigenvalue weighted by Gasteiger charge is -2.15. The molecule has 1 saturated carbocycles. The summed E-state index contributed by atoms with van der Waals surface area (Å²) in [5.74, 6) is 0. The van der Waals surface area contributed by atoms with E-state index in [-0.39, 0.29) is 19.1 Å². The highest BCUT2D eigenvalue weighted by molar-refractivity contribution is 5.75. The molecule has 1 aliphatic carbocycles. The Morgan fingerprint density at radius 3 is 2.23 bits per heavy atom. The molecular weight excluding hydrogens is 172 g/mol. The van der Waals surface area contributed by atoms with Crippen molar-refractivity contribution in [2.45, 2.75) is 31.1 Å². The van der Waals surface area contributed by atoms with Crippen LogP contribution in [0, 0.1) is 0 Å². The quantitative estimate of drug-likeness (QED) is 0.486. The van der Waals surface area contributed by atoms with E-state index in [1.165, 1.54) is 4.90 Å². The van der Waals surface area contributed by atoms with Crippen molar-refractivity contribution in [1.82, 2.24) is 10.2 Å². The lowest BCUT2D eigenvalue weighted by atomic mass is 10.3. The molecule has 2 aliphatic rings. The zero-order valence-electron chi connectivity index (χ0n) is 7.31. The third kappa shape index (κ3) is 1.92. The number of hydrogen-bond acceptors (Lipinski definition) is 3. The topological polar surface area (TPSA) is 72.8 Å². The number of nitrogens with zero attached hydrogens (tertiary/aromatic N) is 1. The molecule has 5 nitrogen and oxygen atoms in total. The largest absolute Gasteiger partial charge is 0.388 e. The maximum Gasteiger partial charge on any atom is 0.317 e. The molecule has 13 heavy (non-hydrogen) atoms. The van der Waals surface area contributed by atoms with E-state index in [1.807, 2.05) is 0 Å². The molecule has 0 bridgehead atoms. The van der Waals surface area contributed by atoms with Crippen LogP contribution in [0.2, 0.25) is 0 Å². The highest BCUT2D eigenvalue weighted by atomic mass is 16.3. The Kier molecular flexibility index (Phi) is 2.13. The summed E-state index contributed by atoms with van der Waals surface area (Å²) in [6.45, 7) is 0.472. The smallest absolute Gasteiger partial charge is 0.317 e. The van der Waals surface area contributed by atoms with Gasteiger partial charge in [0.05, 0.1) is 25.3 Å². The van der Waals surface area contributed by atoms with Crippen LogP contribution < -0.4 is 5.32 Å². The Morgan fingerprint density at radius 1 is 1.23 bits per heavy atom. The maximum atomic E-state index is 11.4. The van der Waals surface area contributed by atoms with Crippen molar-refractivity contribution in [3.05, 3.63) is 0 Å². The predicted molar refractivity (Wildman–Crippen MR) is 45.1 cm³/mol. The summed E-state index contributed by atoms with van der Waals surface area (Å²) < 4.78 is 0. The summed E-state index contributed by atoms with van der Waals surface area (Å²) in [6.07, 6.45) is 0.518. The van der Waals surface area contributed by atoms with Crippen LogP contribution in [0.5, 0.6) is 0 Å². The van der Waals surface area contributed by atoms with Gasteiger partial charge in [0.15, 0.2) is 0 Å². The molecule has 0 spiro atoms. The third-order valence-electron chi connectivity index (χ3n) is 2.45. The first-order chi connectivity index (χ1) is 6.16. The van der Waals surface area contributed by atoms with Gasteiger partial charge in [-0.05, 0) is 12.8 Å². The number of urea groups is 1. The minimum Gasteiger partial charge on any atom is -0.388 e. The summed E-state index contributed by atoms with van der Waals surface area (Å²) in [5.41, 5.74) is 0. The fraction of sp³-hybridized carbons (Fsp3) is 0.875. The van der Waals surface area contributed by atoms with Gasteiger partial charge in [-0.3, -0.25) is 0 Å². The first kappa shape index (κ1) is 8.77. The van der Waals surface area contributed by atoms with Gasteiger partial charge in [-0.25, -0.2) is 4.79 Å². The van der Waals surface area contributed by atoms with Gasteiger partial charge in [0.25, 0.3) is 0 Å². The molecule has 3 N–H and O–H groups in total. The fourth-order valence-corrected chi connectivity index (χ4v) is 1.43. The number of hydrogen-bond donors (Lipinski definition) is 3. The minimum absolute atomic E-state index is 0.168. The van der Waals surface area contributed by atoms with Gasteiger partial charge < -0.3 is 20.4 Å². The van der Waals surface area contributed by atoms with Gasteiger partial charge in [0.1, 0.15) is 0 Å². The second kappa shape index (κ2) is 3.16. The summed E-state index contributed by atoms with van der Waals surface area (Å²) in [7, 11) is 0. The molecule has 1 saturated heterocycles. The highest BCUT2D eigenvalue weighted by Crippen LogP contribution is 2.19. The Bertz CT molecular complexity index is 207. The van der Waals surface area contributed by atoms with Crippen molar-refractivity contribution >= 4 is 6.03 Å². The van der Waals surface area contributed by atoms with Crippen LogP contribution >= 0.6 is 0 Å². The molecule has 1 heterocycles. The highest BCUT2D eigenvalue weighted by Gasteiger charge is 2.34. The molecule has 5 heteroatoms. The zero-order chi connectivity index (χ0) is 9.42. The second-order valence-corrected chi connectivity index (χ2v) is 3.76. The van der Waals surface area contributed by atoms with E-state index in [0.717, 1.165) is 12.8 Å². The van der Waals surface area contributed by atoms with Crippen LogP contribution in [0.25, 0.3) is 0 Å². The summed E-state index contributed by atoms with van der Waals surface area (Å²) in [5, 5.41) is 21.2. The van der Waals surface area contributed by atoms with Crippen LogP contribution in [0.1, 0.15) is 12.8 Å². The number of β-amino-alcohol motifs (C(OH)–C–C–N with tert-alkyl or cyclic N) is 2. The average Bonchev–Trinajstić information content (AvgIpc) is 2.81. The number of amides is 2. The van der Waals surface area contributed by atoms with Crippen LogP contribution in [0.3, 0.4) is 0 Å². The van der Waals surface area contributed by atoms with Crippen molar-refractivity contribution in [2.75, 3.05) is 13.1 Å². The van der Waals surface area contributed by atoms with E-state index in [1.54, 1.807) is 0 Å². The molecule has 1 aliphatic heterocycles. The van der Waals surface area contributed by atoms with E-state index in [0.29, 0.717) is 6.04 Å². The van der Waals surface area contributed by atoms with Gasteiger partial charge in [-0.1, -0.05) is 0 Å². The van der Waals surface area contributed by atoms with E-state index >= 15 is 0 Å². The lowest BCUT2D eigenvalue weighted by Crippen LogP contribution is -2.40. The molecule has 0 unspecified atom stereocenters. The lowest BCUT2D eigenvalue weighted by molar-refractivity contribution is 0.0572. The van der Waals surface area contributed by atoms with Gasteiger partial charge in [0.2, 0.25) is 0 Å². The molecule has 2 amide bonds. The van der Waals surface area contributed by atoms with Gasteiger partial charge in [-0.15, -0.1) is 0 Å². The first-order valence-electron chi connectivity index (χ1n) is 4.58.